The Morgan fingerprint density at radius 1 is 1.14 bits per heavy atom. The SMILES string of the molecule is CCc1nc2ccc(F)cc2n1-c1cccc2c1OC[C@H]2Nc1ccc2c(c1)OC[C@H]2CC(=O)[O-].[Na+]. The number of aromatic nitrogens is 2. The first-order chi connectivity index (χ1) is 17.0. The van der Waals surface area contributed by atoms with E-state index >= 15 is 0 Å². The monoisotopic (exact) mass is 495 g/mol. The molecule has 7 nitrogen and oxygen atoms in total. The molecular formula is C27H23FN3NaO4. The van der Waals surface area contributed by atoms with Gasteiger partial charge in [-0.1, -0.05) is 25.1 Å². The molecule has 6 rings (SSSR count). The number of carbonyl (C=O) groups is 1. The fourth-order valence-corrected chi connectivity index (χ4v) is 5.07. The Labute approximate surface area is 229 Å². The molecule has 9 heteroatoms. The van der Waals surface area contributed by atoms with E-state index in [0.29, 0.717) is 30.9 Å². The molecule has 0 bridgehead atoms. The van der Waals surface area contributed by atoms with Crippen LogP contribution in [0.5, 0.6) is 11.5 Å². The third-order valence-corrected chi connectivity index (χ3v) is 6.68. The molecule has 178 valence electrons. The van der Waals surface area contributed by atoms with Gasteiger partial charge >= 0.3 is 29.6 Å². The Hall–Kier alpha value is -3.07. The van der Waals surface area contributed by atoms with Crippen molar-refractivity contribution in [3.05, 3.63) is 77.4 Å². The number of ether oxygens (including phenoxy) is 2. The molecule has 0 radical (unpaired) electrons. The number of hydrogen-bond donors (Lipinski definition) is 1. The van der Waals surface area contributed by atoms with E-state index in [9.17, 15) is 14.3 Å². The normalized spacial score (nSPS) is 17.6. The summed E-state index contributed by atoms with van der Waals surface area (Å²) in [6.07, 6.45) is 0.634. The third kappa shape index (κ3) is 4.23. The second kappa shape index (κ2) is 9.76. The molecule has 0 aliphatic carbocycles. The van der Waals surface area contributed by atoms with E-state index in [1.54, 1.807) is 6.07 Å². The van der Waals surface area contributed by atoms with Crippen LogP contribution < -0.4 is 49.5 Å². The van der Waals surface area contributed by atoms with Gasteiger partial charge in [0.15, 0.2) is 0 Å². The second-order valence-corrected chi connectivity index (χ2v) is 8.89. The summed E-state index contributed by atoms with van der Waals surface area (Å²) >= 11 is 0. The molecule has 2 atom stereocenters. The minimum absolute atomic E-state index is 0. The van der Waals surface area contributed by atoms with Gasteiger partial charge in [-0.25, -0.2) is 9.37 Å². The number of anilines is 1. The van der Waals surface area contributed by atoms with Crippen LogP contribution in [0.4, 0.5) is 10.1 Å². The van der Waals surface area contributed by atoms with Crippen LogP contribution in [0.1, 0.15) is 42.3 Å². The fraction of sp³-hybridized carbons (Fsp3) is 0.259. The van der Waals surface area contributed by atoms with Crippen LogP contribution in [0.3, 0.4) is 0 Å². The maximum Gasteiger partial charge on any atom is 1.00 e. The Balaban J connectivity index is 0.00000267. The number of para-hydroxylation sites is 1. The van der Waals surface area contributed by atoms with Crippen LogP contribution >= 0.6 is 0 Å². The van der Waals surface area contributed by atoms with E-state index in [1.807, 2.05) is 47.9 Å². The van der Waals surface area contributed by atoms with Gasteiger partial charge in [0.1, 0.15) is 29.7 Å². The zero-order chi connectivity index (χ0) is 24.1. The smallest absolute Gasteiger partial charge is 0.550 e. The van der Waals surface area contributed by atoms with Crippen LogP contribution in [0.25, 0.3) is 16.7 Å². The van der Waals surface area contributed by atoms with Crippen molar-refractivity contribution in [2.24, 2.45) is 0 Å². The van der Waals surface area contributed by atoms with E-state index < -0.39 is 5.97 Å². The summed E-state index contributed by atoms with van der Waals surface area (Å²) in [6.45, 7) is 2.79. The first-order valence-corrected chi connectivity index (χ1v) is 11.7. The predicted molar refractivity (Wildman–Crippen MR) is 127 cm³/mol. The largest absolute Gasteiger partial charge is 1.00 e. The number of carbonyl (C=O) groups excluding carboxylic acids is 1. The fourth-order valence-electron chi connectivity index (χ4n) is 5.07. The van der Waals surface area contributed by atoms with Crippen molar-refractivity contribution in [3.8, 4) is 17.2 Å². The van der Waals surface area contributed by atoms with Gasteiger partial charge in [0.05, 0.1) is 29.4 Å². The molecule has 1 N–H and O–H groups in total. The van der Waals surface area contributed by atoms with Crippen LogP contribution in [0.15, 0.2) is 54.6 Å². The average molecular weight is 495 g/mol. The first kappa shape index (κ1) is 24.6. The Bertz CT molecular complexity index is 1470. The zero-order valence-electron chi connectivity index (χ0n) is 20.1. The van der Waals surface area contributed by atoms with E-state index in [2.05, 4.69) is 10.3 Å². The molecule has 0 saturated heterocycles. The summed E-state index contributed by atoms with van der Waals surface area (Å²) in [7, 11) is 0. The number of nitrogens with zero attached hydrogens (tertiary/aromatic N) is 2. The van der Waals surface area contributed by atoms with Gasteiger partial charge < -0.3 is 24.7 Å². The summed E-state index contributed by atoms with van der Waals surface area (Å²) in [5, 5.41) is 14.5. The van der Waals surface area contributed by atoms with Gasteiger partial charge in [-0.05, 0) is 30.7 Å². The number of fused-ring (bicyclic) bond motifs is 3. The van der Waals surface area contributed by atoms with Gasteiger partial charge in [-0.3, -0.25) is 4.57 Å². The number of halogens is 1. The molecule has 2 aliphatic heterocycles. The van der Waals surface area contributed by atoms with Crippen molar-refractivity contribution in [2.45, 2.75) is 31.7 Å². The minimum atomic E-state index is -1.08. The molecule has 2 aliphatic rings. The van der Waals surface area contributed by atoms with E-state index in [-0.39, 0.29) is 53.8 Å². The first-order valence-electron chi connectivity index (χ1n) is 11.7. The number of carboxylic acid groups (broad SMARTS) is 1. The van der Waals surface area contributed by atoms with Crippen molar-refractivity contribution < 1.29 is 53.3 Å². The van der Waals surface area contributed by atoms with Gasteiger partial charge in [0.2, 0.25) is 0 Å². The minimum Gasteiger partial charge on any atom is -0.550 e. The summed E-state index contributed by atoms with van der Waals surface area (Å²) in [6, 6.07) is 16.2. The maximum atomic E-state index is 14.1. The van der Waals surface area contributed by atoms with Gasteiger partial charge in [-0.15, -0.1) is 0 Å². The number of hydrogen-bond acceptors (Lipinski definition) is 6. The number of nitrogens with one attached hydrogen (secondary N) is 1. The molecule has 0 amide bonds. The van der Waals surface area contributed by atoms with Crippen molar-refractivity contribution in [2.75, 3.05) is 18.5 Å². The van der Waals surface area contributed by atoms with Crippen LogP contribution in [-0.2, 0) is 11.2 Å². The molecule has 0 saturated carbocycles. The number of aliphatic carboxylic acids is 1. The third-order valence-electron chi connectivity index (χ3n) is 6.68. The summed E-state index contributed by atoms with van der Waals surface area (Å²) in [5.41, 5.74) is 5.02. The predicted octanol–water partition coefficient (Wildman–Crippen LogP) is 0.893. The van der Waals surface area contributed by atoms with Crippen LogP contribution in [-0.4, -0.2) is 28.7 Å². The molecule has 0 fully saturated rings. The standard InChI is InChI=1S/C27H24FN3O4.Na/c1-2-25-30-20-9-6-16(28)11-23(20)31(25)22-5-3-4-19-21(14-35-27(19)22)29-17-7-8-18-15(10-26(32)33)13-34-24(18)12-17;/h3-9,11-12,15,21,29H,2,10,13-14H2,1H3,(H,32,33);/q;+1/p-1/t15-,21-;/m1./s1. The molecule has 1 aromatic heterocycles. The number of rotatable bonds is 6. The molecule has 0 spiro atoms. The molecule has 0 unspecified atom stereocenters. The number of carboxylic acids is 1. The van der Waals surface area contributed by atoms with E-state index in [4.69, 9.17) is 9.47 Å². The van der Waals surface area contributed by atoms with Crippen LogP contribution in [0.2, 0.25) is 0 Å². The van der Waals surface area contributed by atoms with Crippen molar-refractivity contribution in [1.82, 2.24) is 9.55 Å². The number of imidazole rings is 1. The van der Waals surface area contributed by atoms with Gasteiger partial charge in [-0.2, -0.15) is 0 Å². The molecule has 4 aromatic rings. The zero-order valence-corrected chi connectivity index (χ0v) is 22.1. The topological polar surface area (TPSA) is 88.4 Å². The molecule has 3 heterocycles. The van der Waals surface area contributed by atoms with Crippen molar-refractivity contribution in [1.29, 1.82) is 0 Å². The number of benzene rings is 3. The van der Waals surface area contributed by atoms with E-state index in [1.165, 1.54) is 12.1 Å². The summed E-state index contributed by atoms with van der Waals surface area (Å²) in [4.78, 5) is 15.7. The van der Waals surface area contributed by atoms with Crippen molar-refractivity contribution in [3.63, 3.8) is 0 Å². The summed E-state index contributed by atoms with van der Waals surface area (Å²) in [5.74, 6) is 0.688. The maximum absolute atomic E-state index is 14.1. The van der Waals surface area contributed by atoms with Crippen LogP contribution in [0, 0.1) is 5.82 Å². The van der Waals surface area contributed by atoms with E-state index in [0.717, 1.165) is 39.6 Å². The van der Waals surface area contributed by atoms with Gasteiger partial charge in [0.25, 0.3) is 0 Å². The number of aryl methyl sites for hydroxylation is 1. The Morgan fingerprint density at radius 2 is 2.00 bits per heavy atom. The van der Waals surface area contributed by atoms with Crippen molar-refractivity contribution >= 4 is 22.7 Å². The quantitative estimate of drug-likeness (QED) is 0.400. The molecular weight excluding hydrogens is 472 g/mol. The summed E-state index contributed by atoms with van der Waals surface area (Å²) < 4.78 is 27.9. The Kier molecular flexibility index (Phi) is 6.68. The molecule has 3 aromatic carbocycles. The molecule has 36 heavy (non-hydrogen) atoms. The second-order valence-electron chi connectivity index (χ2n) is 8.89. The Morgan fingerprint density at radius 3 is 2.81 bits per heavy atom. The van der Waals surface area contributed by atoms with Gasteiger partial charge in [0, 0.05) is 47.3 Å². The average Bonchev–Trinajstić information content (AvgIpc) is 3.54.